The number of benzene rings is 1. The number of halogens is 3. The van der Waals surface area contributed by atoms with Crippen molar-refractivity contribution in [2.45, 2.75) is 6.18 Å². The Labute approximate surface area is 97.8 Å². The second kappa shape index (κ2) is 6.46. The van der Waals surface area contributed by atoms with E-state index in [0.717, 1.165) is 6.07 Å². The summed E-state index contributed by atoms with van der Waals surface area (Å²) in [5, 5.41) is 2.69. The minimum absolute atomic E-state index is 0.0661. The Morgan fingerprint density at radius 1 is 1.18 bits per heavy atom. The van der Waals surface area contributed by atoms with Gasteiger partial charge in [-0.1, -0.05) is 12.1 Å². The molecule has 17 heavy (non-hydrogen) atoms. The third kappa shape index (κ3) is 4.62. The molecular weight excluding hydrogens is 233 g/mol. The third-order valence-corrected chi connectivity index (χ3v) is 2.06. The van der Waals surface area contributed by atoms with Crippen molar-refractivity contribution in [1.82, 2.24) is 0 Å². The highest BCUT2D eigenvalue weighted by Crippen LogP contribution is 2.34. The fourth-order valence-electron chi connectivity index (χ4n) is 1.33. The first-order valence-corrected chi connectivity index (χ1v) is 5.23. The molecule has 0 atom stereocenters. The molecule has 0 radical (unpaired) electrons. The van der Waals surface area contributed by atoms with E-state index in [9.17, 15) is 13.2 Å². The van der Waals surface area contributed by atoms with Crippen molar-refractivity contribution in [2.75, 3.05) is 31.6 Å². The molecular formula is C11H15F3N2O. The van der Waals surface area contributed by atoms with E-state index in [1.54, 1.807) is 6.07 Å². The predicted octanol–water partition coefficient (Wildman–Crippen LogP) is 2.09. The van der Waals surface area contributed by atoms with Crippen molar-refractivity contribution in [3.8, 4) is 0 Å². The molecule has 0 heterocycles. The molecule has 1 aromatic rings. The van der Waals surface area contributed by atoms with E-state index < -0.39 is 11.7 Å². The monoisotopic (exact) mass is 248 g/mol. The number of ether oxygens (including phenoxy) is 1. The van der Waals surface area contributed by atoms with Crippen LogP contribution < -0.4 is 11.1 Å². The molecule has 0 aliphatic heterocycles. The summed E-state index contributed by atoms with van der Waals surface area (Å²) in [6, 6.07) is 5.35. The number of rotatable bonds is 6. The lowest BCUT2D eigenvalue weighted by Crippen LogP contribution is -2.16. The zero-order valence-corrected chi connectivity index (χ0v) is 9.26. The highest BCUT2D eigenvalue weighted by atomic mass is 19.4. The number of hydrogen-bond donors (Lipinski definition) is 2. The van der Waals surface area contributed by atoms with E-state index in [-0.39, 0.29) is 5.69 Å². The van der Waals surface area contributed by atoms with Gasteiger partial charge in [0.2, 0.25) is 0 Å². The van der Waals surface area contributed by atoms with Crippen LogP contribution in [0.1, 0.15) is 5.56 Å². The van der Waals surface area contributed by atoms with Crippen LogP contribution in [-0.4, -0.2) is 26.3 Å². The van der Waals surface area contributed by atoms with Crippen molar-refractivity contribution in [3.63, 3.8) is 0 Å². The van der Waals surface area contributed by atoms with Gasteiger partial charge < -0.3 is 15.8 Å². The molecule has 0 saturated heterocycles. The van der Waals surface area contributed by atoms with Gasteiger partial charge in [0.1, 0.15) is 0 Å². The largest absolute Gasteiger partial charge is 0.418 e. The summed E-state index contributed by atoms with van der Waals surface area (Å²) in [6.45, 7) is 1.44. The number of para-hydroxylation sites is 1. The summed E-state index contributed by atoms with van der Waals surface area (Å²) >= 11 is 0. The minimum Gasteiger partial charge on any atom is -0.382 e. The number of nitrogens with one attached hydrogen (secondary N) is 1. The second-order valence-corrected chi connectivity index (χ2v) is 3.37. The van der Waals surface area contributed by atoms with Crippen LogP contribution in [0.5, 0.6) is 0 Å². The molecule has 0 saturated carbocycles. The van der Waals surface area contributed by atoms with Crippen LogP contribution in [0.15, 0.2) is 24.3 Å². The van der Waals surface area contributed by atoms with Gasteiger partial charge in [0.05, 0.1) is 18.8 Å². The average molecular weight is 248 g/mol. The predicted molar refractivity (Wildman–Crippen MR) is 59.8 cm³/mol. The van der Waals surface area contributed by atoms with E-state index in [0.29, 0.717) is 26.3 Å². The maximum absolute atomic E-state index is 12.6. The lowest BCUT2D eigenvalue weighted by Gasteiger charge is -2.14. The van der Waals surface area contributed by atoms with E-state index in [2.05, 4.69) is 5.32 Å². The Morgan fingerprint density at radius 3 is 2.53 bits per heavy atom. The minimum atomic E-state index is -4.35. The summed E-state index contributed by atoms with van der Waals surface area (Å²) in [5.74, 6) is 0. The third-order valence-electron chi connectivity index (χ3n) is 2.06. The summed E-state index contributed by atoms with van der Waals surface area (Å²) in [6.07, 6.45) is -4.35. The van der Waals surface area contributed by atoms with Crippen molar-refractivity contribution in [1.29, 1.82) is 0 Å². The molecule has 6 heteroatoms. The summed E-state index contributed by atoms with van der Waals surface area (Å²) < 4.78 is 42.8. The molecule has 96 valence electrons. The second-order valence-electron chi connectivity index (χ2n) is 3.37. The maximum atomic E-state index is 12.6. The molecule has 0 aliphatic carbocycles. The van der Waals surface area contributed by atoms with Gasteiger partial charge >= 0.3 is 6.18 Å². The highest BCUT2D eigenvalue weighted by Gasteiger charge is 2.32. The van der Waals surface area contributed by atoms with Crippen molar-refractivity contribution in [2.24, 2.45) is 5.73 Å². The smallest absolute Gasteiger partial charge is 0.382 e. The molecule has 0 unspecified atom stereocenters. The molecule has 0 fully saturated rings. The fourth-order valence-corrected chi connectivity index (χ4v) is 1.33. The number of nitrogens with two attached hydrogens (primary N) is 1. The van der Waals surface area contributed by atoms with Crippen LogP contribution in [0.3, 0.4) is 0 Å². The van der Waals surface area contributed by atoms with Gasteiger partial charge in [-0.05, 0) is 12.1 Å². The Balaban J connectivity index is 2.53. The molecule has 3 N–H and O–H groups in total. The molecule has 0 bridgehead atoms. The lowest BCUT2D eigenvalue weighted by molar-refractivity contribution is -0.137. The highest BCUT2D eigenvalue weighted by molar-refractivity contribution is 5.52. The fraction of sp³-hybridized carbons (Fsp3) is 0.455. The van der Waals surface area contributed by atoms with Gasteiger partial charge in [-0.15, -0.1) is 0 Å². The quantitative estimate of drug-likeness (QED) is 0.758. The van der Waals surface area contributed by atoms with E-state index >= 15 is 0 Å². The number of hydrogen-bond acceptors (Lipinski definition) is 3. The van der Waals surface area contributed by atoms with Crippen LogP contribution in [0, 0.1) is 0 Å². The van der Waals surface area contributed by atoms with Gasteiger partial charge in [-0.25, -0.2) is 0 Å². The standard InChI is InChI=1S/C11H15F3N2O/c12-11(13,14)9-3-1-2-4-10(9)16-6-8-17-7-5-15/h1-4,16H,5-8,15H2. The molecule has 0 aromatic heterocycles. The van der Waals surface area contributed by atoms with Gasteiger partial charge in [-0.2, -0.15) is 13.2 Å². The summed E-state index contributed by atoms with van der Waals surface area (Å²) in [4.78, 5) is 0. The summed E-state index contributed by atoms with van der Waals surface area (Å²) in [7, 11) is 0. The van der Waals surface area contributed by atoms with Gasteiger partial charge in [-0.3, -0.25) is 0 Å². The number of anilines is 1. The Bertz CT molecular complexity index is 342. The Morgan fingerprint density at radius 2 is 1.88 bits per heavy atom. The van der Waals surface area contributed by atoms with Gasteiger partial charge in [0.15, 0.2) is 0 Å². The van der Waals surface area contributed by atoms with E-state index in [1.165, 1.54) is 12.1 Å². The first-order chi connectivity index (χ1) is 8.05. The van der Waals surface area contributed by atoms with Crippen LogP contribution in [-0.2, 0) is 10.9 Å². The zero-order valence-electron chi connectivity index (χ0n) is 9.26. The molecule has 0 amide bonds. The lowest BCUT2D eigenvalue weighted by atomic mass is 10.1. The topological polar surface area (TPSA) is 47.3 Å². The van der Waals surface area contributed by atoms with Crippen molar-refractivity contribution in [3.05, 3.63) is 29.8 Å². The number of alkyl halides is 3. The zero-order chi connectivity index (χ0) is 12.7. The average Bonchev–Trinajstić information content (AvgIpc) is 2.28. The van der Waals surface area contributed by atoms with Crippen LogP contribution in [0.25, 0.3) is 0 Å². The van der Waals surface area contributed by atoms with E-state index in [4.69, 9.17) is 10.5 Å². The molecule has 3 nitrogen and oxygen atoms in total. The Hall–Kier alpha value is -1.27. The maximum Gasteiger partial charge on any atom is 0.418 e. The van der Waals surface area contributed by atoms with Crippen LogP contribution in [0.2, 0.25) is 0 Å². The summed E-state index contributed by atoms with van der Waals surface area (Å²) in [5.41, 5.74) is 4.61. The molecule has 0 aliphatic rings. The van der Waals surface area contributed by atoms with Crippen molar-refractivity contribution >= 4 is 5.69 Å². The van der Waals surface area contributed by atoms with Crippen LogP contribution in [0.4, 0.5) is 18.9 Å². The van der Waals surface area contributed by atoms with Crippen LogP contribution >= 0.6 is 0 Å². The Kier molecular flexibility index (Phi) is 5.24. The normalized spacial score (nSPS) is 11.5. The first-order valence-electron chi connectivity index (χ1n) is 5.23. The molecule has 0 spiro atoms. The van der Waals surface area contributed by atoms with Gasteiger partial charge in [0, 0.05) is 18.8 Å². The van der Waals surface area contributed by atoms with Crippen molar-refractivity contribution < 1.29 is 17.9 Å². The van der Waals surface area contributed by atoms with Gasteiger partial charge in [0.25, 0.3) is 0 Å². The van der Waals surface area contributed by atoms with E-state index in [1.807, 2.05) is 0 Å². The SMILES string of the molecule is NCCOCCNc1ccccc1C(F)(F)F. The molecule has 1 aromatic carbocycles. The molecule has 1 rings (SSSR count). The first kappa shape index (κ1) is 13.8.